The van der Waals surface area contributed by atoms with Crippen molar-refractivity contribution in [1.82, 2.24) is 0 Å². The van der Waals surface area contributed by atoms with Gasteiger partial charge in [-0.2, -0.15) is 0 Å². The van der Waals surface area contributed by atoms with Crippen LogP contribution in [0.4, 0.5) is 0 Å². The second kappa shape index (κ2) is 75.5. The van der Waals surface area contributed by atoms with Gasteiger partial charge in [-0.05, 0) is 37.5 Å². The quantitative estimate of drug-likeness (QED) is 0.0222. The maximum absolute atomic E-state index is 13.1. The second-order valence-electron chi connectivity index (χ2n) is 31.2. The van der Waals surface area contributed by atoms with Gasteiger partial charge in [0.15, 0.2) is 12.2 Å². The Morgan fingerprint density at radius 1 is 0.262 bits per heavy atom. The number of phosphoric ester groups is 2. The summed E-state index contributed by atoms with van der Waals surface area (Å²) >= 11 is 0. The smallest absolute Gasteiger partial charge is 0.462 e. The van der Waals surface area contributed by atoms with Gasteiger partial charge in [-0.15, -0.1) is 0 Å². The normalized spacial score (nSPS) is 13.9. The van der Waals surface area contributed by atoms with E-state index in [2.05, 4.69) is 41.5 Å². The van der Waals surface area contributed by atoms with E-state index in [9.17, 15) is 43.2 Å². The molecule has 0 aromatic heterocycles. The van der Waals surface area contributed by atoms with Crippen LogP contribution >= 0.6 is 15.6 Å². The molecule has 0 heterocycles. The maximum atomic E-state index is 13.1. The average Bonchev–Trinajstić information content (AvgIpc) is 0.910. The van der Waals surface area contributed by atoms with E-state index in [1.165, 1.54) is 263 Å². The molecule has 19 heteroatoms. The highest BCUT2D eigenvalue weighted by molar-refractivity contribution is 7.47. The first-order chi connectivity index (χ1) is 49.9. The molecule has 0 amide bonds. The first-order valence-corrected chi connectivity index (χ1v) is 46.5. The minimum atomic E-state index is -4.96. The van der Waals surface area contributed by atoms with Gasteiger partial charge in [0.05, 0.1) is 26.4 Å². The average molecular weight is 1510 g/mol. The Morgan fingerprint density at radius 2 is 0.447 bits per heavy atom. The SMILES string of the molecule is CCCCCCCCCCCCCCCCCCCCCCC(=O)O[C@H](COC(=O)CCCCCCCCCCCCCCCC(C)C)COP(=O)(O)OC[C@@H](O)COP(=O)(O)OC[C@@H](COC(=O)CCCCCCCCCCCC(C)C)OC(=O)CCCCCCCCCCCCCCCCC. The minimum absolute atomic E-state index is 0.108. The Balaban J connectivity index is 5.25. The van der Waals surface area contributed by atoms with Crippen LogP contribution in [0.1, 0.15) is 446 Å². The van der Waals surface area contributed by atoms with Crippen LogP contribution in [-0.2, 0) is 65.4 Å². The number of rotatable bonds is 83. The fraction of sp³-hybridized carbons (Fsp3) is 0.952. The van der Waals surface area contributed by atoms with Crippen LogP contribution in [0.25, 0.3) is 0 Å². The Labute approximate surface area is 632 Å². The summed E-state index contributed by atoms with van der Waals surface area (Å²) in [7, 11) is -9.93. The number of phosphoric acid groups is 2. The standard InChI is InChI=1S/C84H164O17P2/c1-7-9-11-13-15-17-19-21-23-24-25-26-27-29-33-38-44-51-57-63-69-84(89)100-79(72-94-81(86)66-60-54-48-42-36-34-30-31-35-40-46-52-58-64-76(3)4)74-98-102(90,91)96-70-78(85)71-97-103(92,93)99-75-80(73-95-82(87)67-61-55-49-45-39-41-47-53-59-65-77(5)6)101-83(88)68-62-56-50-43-37-32-28-22-20-18-16-14-12-10-8-2/h76-80,85H,7-75H2,1-6H3,(H,90,91)(H,92,93)/t78-,79-,80-/m1/s1. The van der Waals surface area contributed by atoms with Crippen LogP contribution < -0.4 is 0 Å². The lowest BCUT2D eigenvalue weighted by molar-refractivity contribution is -0.161. The largest absolute Gasteiger partial charge is 0.472 e. The topological polar surface area (TPSA) is 237 Å². The Morgan fingerprint density at radius 3 is 0.660 bits per heavy atom. The number of esters is 4. The van der Waals surface area contributed by atoms with E-state index >= 15 is 0 Å². The third-order valence-electron chi connectivity index (χ3n) is 19.7. The molecule has 0 aromatic rings. The van der Waals surface area contributed by atoms with E-state index in [1.54, 1.807) is 0 Å². The van der Waals surface area contributed by atoms with E-state index in [0.717, 1.165) is 102 Å². The number of carbonyl (C=O) groups is 4. The van der Waals surface area contributed by atoms with Crippen LogP contribution in [0.15, 0.2) is 0 Å². The lowest BCUT2D eigenvalue weighted by Crippen LogP contribution is -2.30. The molecule has 0 aromatic carbocycles. The maximum Gasteiger partial charge on any atom is 0.472 e. The predicted molar refractivity (Wildman–Crippen MR) is 423 cm³/mol. The summed E-state index contributed by atoms with van der Waals surface area (Å²) in [5.74, 6) is -0.568. The second-order valence-corrected chi connectivity index (χ2v) is 34.1. The van der Waals surface area contributed by atoms with Crippen molar-refractivity contribution < 1.29 is 80.2 Å². The summed E-state index contributed by atoms with van der Waals surface area (Å²) in [5, 5.41) is 10.7. The number of aliphatic hydroxyl groups excluding tert-OH is 1. The summed E-state index contributed by atoms with van der Waals surface area (Å²) in [6.07, 6.45) is 66.6. The van der Waals surface area contributed by atoms with Gasteiger partial charge in [-0.1, -0.05) is 395 Å². The summed E-state index contributed by atoms with van der Waals surface area (Å²) in [6, 6.07) is 0. The Kier molecular flexibility index (Phi) is 74.1. The number of carbonyl (C=O) groups excluding carboxylic acids is 4. The van der Waals surface area contributed by atoms with E-state index in [4.69, 9.17) is 37.0 Å². The van der Waals surface area contributed by atoms with Crippen molar-refractivity contribution in [2.24, 2.45) is 11.8 Å². The summed E-state index contributed by atoms with van der Waals surface area (Å²) in [4.78, 5) is 73.2. The van der Waals surface area contributed by atoms with Gasteiger partial charge in [0.2, 0.25) is 0 Å². The van der Waals surface area contributed by atoms with Gasteiger partial charge in [0.25, 0.3) is 0 Å². The third-order valence-corrected chi connectivity index (χ3v) is 21.6. The van der Waals surface area contributed by atoms with Crippen molar-refractivity contribution in [2.75, 3.05) is 39.6 Å². The molecule has 0 aliphatic rings. The molecule has 0 saturated heterocycles. The van der Waals surface area contributed by atoms with Crippen LogP contribution in [0, 0.1) is 11.8 Å². The molecule has 0 radical (unpaired) electrons. The van der Waals surface area contributed by atoms with Crippen LogP contribution in [-0.4, -0.2) is 96.7 Å². The van der Waals surface area contributed by atoms with Crippen molar-refractivity contribution >= 4 is 39.5 Å². The molecule has 17 nitrogen and oxygen atoms in total. The van der Waals surface area contributed by atoms with Gasteiger partial charge in [0.1, 0.15) is 19.3 Å². The summed E-state index contributed by atoms with van der Waals surface area (Å²) in [5.41, 5.74) is 0. The fourth-order valence-corrected chi connectivity index (χ4v) is 14.6. The van der Waals surface area contributed by atoms with Crippen LogP contribution in [0.3, 0.4) is 0 Å². The van der Waals surface area contributed by atoms with E-state index in [0.29, 0.717) is 25.7 Å². The van der Waals surface area contributed by atoms with Gasteiger partial charge < -0.3 is 33.8 Å². The Hall–Kier alpha value is -1.94. The molecule has 0 bridgehead atoms. The molecule has 0 aliphatic carbocycles. The molecule has 0 saturated carbocycles. The summed E-state index contributed by atoms with van der Waals surface area (Å²) in [6.45, 7) is 9.66. The van der Waals surface area contributed by atoms with Gasteiger partial charge in [-0.25, -0.2) is 9.13 Å². The zero-order valence-electron chi connectivity index (χ0n) is 67.6. The van der Waals surface area contributed by atoms with Crippen LogP contribution in [0.5, 0.6) is 0 Å². The first kappa shape index (κ1) is 101. The van der Waals surface area contributed by atoms with Crippen molar-refractivity contribution in [2.45, 2.75) is 464 Å². The number of aliphatic hydroxyl groups is 1. The number of unbranched alkanes of at least 4 members (excludes halogenated alkanes) is 53. The molecule has 0 aliphatic heterocycles. The van der Waals surface area contributed by atoms with Crippen LogP contribution in [0.2, 0.25) is 0 Å². The Bertz CT molecular complexity index is 1980. The molecule has 0 fully saturated rings. The molecule has 0 rings (SSSR count). The predicted octanol–water partition coefficient (Wildman–Crippen LogP) is 25.5. The zero-order valence-corrected chi connectivity index (χ0v) is 69.4. The number of ether oxygens (including phenoxy) is 4. The lowest BCUT2D eigenvalue weighted by atomic mass is 10.0. The van der Waals surface area contributed by atoms with Crippen molar-refractivity contribution in [3.8, 4) is 0 Å². The third kappa shape index (κ3) is 78.0. The summed E-state index contributed by atoms with van der Waals surface area (Å²) < 4.78 is 68.9. The molecule has 5 atom stereocenters. The van der Waals surface area contributed by atoms with Crippen molar-refractivity contribution in [1.29, 1.82) is 0 Å². The molecule has 2 unspecified atom stereocenters. The molecular weight excluding hydrogens is 1340 g/mol. The van der Waals surface area contributed by atoms with Gasteiger partial charge >= 0.3 is 39.5 Å². The van der Waals surface area contributed by atoms with Crippen molar-refractivity contribution in [3.05, 3.63) is 0 Å². The number of hydrogen-bond donors (Lipinski definition) is 3. The monoisotopic (exact) mass is 1510 g/mol. The molecule has 103 heavy (non-hydrogen) atoms. The van der Waals surface area contributed by atoms with Gasteiger partial charge in [0, 0.05) is 25.7 Å². The van der Waals surface area contributed by atoms with Gasteiger partial charge in [-0.3, -0.25) is 37.3 Å². The fourth-order valence-electron chi connectivity index (χ4n) is 13.1. The molecule has 0 spiro atoms. The molecule has 3 N–H and O–H groups in total. The highest BCUT2D eigenvalue weighted by Crippen LogP contribution is 2.45. The zero-order chi connectivity index (χ0) is 75.6. The van der Waals surface area contributed by atoms with Crippen molar-refractivity contribution in [3.63, 3.8) is 0 Å². The highest BCUT2D eigenvalue weighted by Gasteiger charge is 2.30. The molecule has 612 valence electrons. The molecular formula is C84H164O17P2. The minimum Gasteiger partial charge on any atom is -0.462 e. The van der Waals surface area contributed by atoms with E-state index in [-0.39, 0.29) is 25.7 Å². The first-order valence-electron chi connectivity index (χ1n) is 43.5. The number of hydrogen-bond acceptors (Lipinski definition) is 15. The van der Waals surface area contributed by atoms with E-state index in [1.807, 2.05) is 0 Å². The van der Waals surface area contributed by atoms with E-state index < -0.39 is 97.5 Å². The lowest BCUT2D eigenvalue weighted by Gasteiger charge is -2.21. The highest BCUT2D eigenvalue weighted by atomic mass is 31.2.